The number of aromatic nitrogens is 1. The number of nitrogens with two attached hydrogens (primary N) is 1. The first-order valence-corrected chi connectivity index (χ1v) is 8.89. The highest BCUT2D eigenvalue weighted by atomic mass is 16.5. The van der Waals surface area contributed by atoms with Crippen molar-refractivity contribution >= 4 is 23.5 Å². The largest absolute Gasteiger partial charge is 0.466 e. The molecule has 0 fully saturated rings. The minimum absolute atomic E-state index is 0.0244. The maximum absolute atomic E-state index is 12.5. The van der Waals surface area contributed by atoms with Gasteiger partial charge >= 0.3 is 11.9 Å². The number of benzene rings is 1. The van der Waals surface area contributed by atoms with Crippen LogP contribution in [-0.4, -0.2) is 42.1 Å². The van der Waals surface area contributed by atoms with Crippen molar-refractivity contribution in [1.29, 1.82) is 0 Å². The van der Waals surface area contributed by atoms with E-state index in [-0.39, 0.29) is 37.6 Å². The van der Waals surface area contributed by atoms with E-state index in [2.05, 4.69) is 10.3 Å². The molecule has 1 atom stereocenters. The number of hydrogen-bond donors (Lipinski definition) is 2. The van der Waals surface area contributed by atoms with Gasteiger partial charge in [0.05, 0.1) is 18.8 Å². The molecular weight excluding hydrogens is 366 g/mol. The van der Waals surface area contributed by atoms with Crippen molar-refractivity contribution in [1.82, 2.24) is 10.3 Å². The van der Waals surface area contributed by atoms with Gasteiger partial charge in [0.2, 0.25) is 5.89 Å². The Labute approximate surface area is 162 Å². The highest BCUT2D eigenvalue weighted by Gasteiger charge is 2.25. The molecule has 0 spiro atoms. The van der Waals surface area contributed by atoms with Crippen LogP contribution in [0.1, 0.15) is 37.2 Å². The summed E-state index contributed by atoms with van der Waals surface area (Å²) in [5.74, 6) is -1.56. The van der Waals surface area contributed by atoms with Crippen molar-refractivity contribution in [3.8, 4) is 11.5 Å². The van der Waals surface area contributed by atoms with E-state index in [0.29, 0.717) is 11.3 Å². The minimum Gasteiger partial charge on any atom is -0.466 e. The number of carbonyl (C=O) groups excluding carboxylic acids is 3. The number of amides is 1. The van der Waals surface area contributed by atoms with Gasteiger partial charge in [0, 0.05) is 12.1 Å². The Morgan fingerprint density at radius 1 is 1.18 bits per heavy atom. The summed E-state index contributed by atoms with van der Waals surface area (Å²) in [6.07, 6.45) is 1.17. The predicted octanol–water partition coefficient (Wildman–Crippen LogP) is 1.93. The van der Waals surface area contributed by atoms with Crippen LogP contribution < -0.4 is 11.1 Å². The maximum Gasteiger partial charge on any atom is 0.328 e. The Balaban J connectivity index is 2.09. The van der Waals surface area contributed by atoms with Gasteiger partial charge in [0.1, 0.15) is 12.3 Å². The number of hydrogen-bond acceptors (Lipinski definition) is 8. The summed E-state index contributed by atoms with van der Waals surface area (Å²) in [4.78, 5) is 40.2. The second-order valence-electron chi connectivity index (χ2n) is 5.75. The fraction of sp³-hybridized carbons (Fsp3) is 0.368. The van der Waals surface area contributed by atoms with E-state index in [9.17, 15) is 14.4 Å². The summed E-state index contributed by atoms with van der Waals surface area (Å²) < 4.78 is 15.1. The average molecular weight is 389 g/mol. The number of nitrogens with zero attached hydrogens (tertiary/aromatic N) is 1. The molecule has 0 aliphatic heterocycles. The number of carbonyl (C=O) groups is 3. The first-order chi connectivity index (χ1) is 13.5. The van der Waals surface area contributed by atoms with Crippen LogP contribution in [-0.2, 0) is 19.1 Å². The van der Waals surface area contributed by atoms with Crippen LogP contribution in [0.15, 0.2) is 34.9 Å². The molecule has 9 heteroatoms. The molecule has 28 heavy (non-hydrogen) atoms. The molecule has 1 aromatic carbocycles. The first-order valence-electron chi connectivity index (χ1n) is 8.89. The molecular formula is C19H23N3O6. The smallest absolute Gasteiger partial charge is 0.328 e. The fourth-order valence-electron chi connectivity index (χ4n) is 2.41. The standard InChI is InChI=1S/C19H23N3O6/c1-3-26-16(23)10-9-14(19(25)27-4-2)21-17(24)15-11-28-18(22-15)12-7-5-6-8-13(12)20/h5-8,11,14H,3-4,9-10,20H2,1-2H3,(H,21,24). The van der Waals surface area contributed by atoms with Gasteiger partial charge in [-0.2, -0.15) is 0 Å². The van der Waals surface area contributed by atoms with Crippen LogP contribution in [0.2, 0.25) is 0 Å². The molecule has 0 radical (unpaired) electrons. The quantitative estimate of drug-likeness (QED) is 0.491. The van der Waals surface area contributed by atoms with E-state index in [4.69, 9.17) is 19.6 Å². The molecule has 0 bridgehead atoms. The monoisotopic (exact) mass is 389 g/mol. The van der Waals surface area contributed by atoms with Gasteiger partial charge in [-0.3, -0.25) is 9.59 Å². The van der Waals surface area contributed by atoms with E-state index < -0.39 is 23.9 Å². The number of rotatable bonds is 9. The van der Waals surface area contributed by atoms with E-state index >= 15 is 0 Å². The normalized spacial score (nSPS) is 11.5. The molecule has 2 aromatic rings. The van der Waals surface area contributed by atoms with Crippen molar-refractivity contribution in [2.75, 3.05) is 18.9 Å². The lowest BCUT2D eigenvalue weighted by atomic mass is 10.1. The Bertz CT molecular complexity index is 833. The Hall–Kier alpha value is -3.36. The zero-order valence-corrected chi connectivity index (χ0v) is 15.8. The molecule has 3 N–H and O–H groups in total. The van der Waals surface area contributed by atoms with E-state index in [1.165, 1.54) is 6.26 Å². The van der Waals surface area contributed by atoms with Crippen LogP contribution in [0.3, 0.4) is 0 Å². The van der Waals surface area contributed by atoms with E-state index in [1.54, 1.807) is 38.1 Å². The third kappa shape index (κ3) is 5.57. The maximum atomic E-state index is 12.5. The highest BCUT2D eigenvalue weighted by Crippen LogP contribution is 2.24. The van der Waals surface area contributed by atoms with Crippen molar-refractivity contribution < 1.29 is 28.3 Å². The van der Waals surface area contributed by atoms with Crippen LogP contribution >= 0.6 is 0 Å². The number of para-hydroxylation sites is 1. The van der Waals surface area contributed by atoms with Gasteiger partial charge in [0.25, 0.3) is 5.91 Å². The topological polar surface area (TPSA) is 134 Å². The van der Waals surface area contributed by atoms with Crippen molar-refractivity contribution in [3.05, 3.63) is 36.2 Å². The lowest BCUT2D eigenvalue weighted by Gasteiger charge is -2.16. The number of nitrogens with one attached hydrogen (secondary N) is 1. The second kappa shape index (κ2) is 10.1. The van der Waals surface area contributed by atoms with Crippen molar-refractivity contribution in [3.63, 3.8) is 0 Å². The molecule has 0 aliphatic rings. The van der Waals surface area contributed by atoms with E-state index in [0.717, 1.165) is 0 Å². The van der Waals surface area contributed by atoms with Gasteiger partial charge < -0.3 is 24.9 Å². The van der Waals surface area contributed by atoms with Crippen LogP contribution in [0.4, 0.5) is 5.69 Å². The fourth-order valence-corrected chi connectivity index (χ4v) is 2.41. The van der Waals surface area contributed by atoms with Crippen LogP contribution in [0.5, 0.6) is 0 Å². The molecule has 1 aromatic heterocycles. The Morgan fingerprint density at radius 3 is 2.57 bits per heavy atom. The molecule has 150 valence electrons. The summed E-state index contributed by atoms with van der Waals surface area (Å²) in [5, 5.41) is 2.52. The molecule has 0 saturated heterocycles. The molecule has 9 nitrogen and oxygen atoms in total. The molecule has 1 heterocycles. The summed E-state index contributed by atoms with van der Waals surface area (Å²) in [5.41, 5.74) is 6.86. The minimum atomic E-state index is -1.01. The van der Waals surface area contributed by atoms with Gasteiger partial charge in [-0.25, -0.2) is 9.78 Å². The Kier molecular flexibility index (Phi) is 7.55. The molecule has 1 unspecified atom stereocenters. The van der Waals surface area contributed by atoms with Gasteiger partial charge in [0.15, 0.2) is 5.69 Å². The summed E-state index contributed by atoms with van der Waals surface area (Å²) >= 11 is 0. The summed E-state index contributed by atoms with van der Waals surface area (Å²) in [7, 11) is 0. The average Bonchev–Trinajstić information content (AvgIpc) is 3.15. The van der Waals surface area contributed by atoms with Gasteiger partial charge in [-0.15, -0.1) is 0 Å². The first kappa shape index (κ1) is 20.9. The number of anilines is 1. The summed E-state index contributed by atoms with van der Waals surface area (Å²) in [6, 6.07) is 5.92. The second-order valence-corrected chi connectivity index (χ2v) is 5.75. The van der Waals surface area contributed by atoms with E-state index in [1.807, 2.05) is 0 Å². The van der Waals surface area contributed by atoms with Crippen molar-refractivity contribution in [2.45, 2.75) is 32.7 Å². The SMILES string of the molecule is CCOC(=O)CCC(NC(=O)c1coc(-c2ccccc2N)n1)C(=O)OCC. The van der Waals surface area contributed by atoms with Crippen LogP contribution in [0, 0.1) is 0 Å². The lowest BCUT2D eigenvalue weighted by molar-refractivity contribution is -0.146. The van der Waals surface area contributed by atoms with Gasteiger partial charge in [-0.05, 0) is 32.4 Å². The molecule has 0 saturated carbocycles. The molecule has 0 aliphatic carbocycles. The molecule has 1 amide bonds. The molecule has 2 rings (SSSR count). The number of nitrogen functional groups attached to an aromatic ring is 1. The predicted molar refractivity (Wildman–Crippen MR) is 100 cm³/mol. The Morgan fingerprint density at radius 2 is 1.89 bits per heavy atom. The number of esters is 2. The lowest BCUT2D eigenvalue weighted by Crippen LogP contribution is -2.42. The number of oxazole rings is 1. The zero-order valence-electron chi connectivity index (χ0n) is 15.8. The van der Waals surface area contributed by atoms with Crippen LogP contribution in [0.25, 0.3) is 11.5 Å². The number of ether oxygens (including phenoxy) is 2. The third-order valence-electron chi connectivity index (χ3n) is 3.75. The third-order valence-corrected chi connectivity index (χ3v) is 3.75. The highest BCUT2D eigenvalue weighted by molar-refractivity contribution is 5.95. The van der Waals surface area contributed by atoms with Gasteiger partial charge in [-0.1, -0.05) is 12.1 Å². The van der Waals surface area contributed by atoms with Crippen molar-refractivity contribution in [2.24, 2.45) is 0 Å². The summed E-state index contributed by atoms with van der Waals surface area (Å²) in [6.45, 7) is 3.71. The zero-order chi connectivity index (χ0) is 20.5.